The molecule has 0 fully saturated rings. The summed E-state index contributed by atoms with van der Waals surface area (Å²) in [5.41, 5.74) is 3.24. The fourth-order valence-electron chi connectivity index (χ4n) is 3.22. The summed E-state index contributed by atoms with van der Waals surface area (Å²) in [5, 5.41) is 2.94. The number of rotatable bonds is 9. The lowest BCUT2D eigenvalue weighted by atomic mass is 10.2. The number of aromatic nitrogens is 1. The molecule has 8 heteroatoms. The summed E-state index contributed by atoms with van der Waals surface area (Å²) in [6.07, 6.45) is 0. The molecule has 0 atom stereocenters. The molecule has 1 N–H and O–H groups in total. The molecule has 33 heavy (non-hydrogen) atoms. The molecule has 3 aromatic carbocycles. The third-order valence-electron chi connectivity index (χ3n) is 4.93. The molecule has 0 aliphatic heterocycles. The Kier molecular flexibility index (Phi) is 7.36. The van der Waals surface area contributed by atoms with E-state index in [1.54, 1.807) is 55.5 Å². The topological polar surface area (TPSA) is 69.7 Å². The second-order valence-electron chi connectivity index (χ2n) is 7.15. The van der Waals surface area contributed by atoms with Gasteiger partial charge in [0, 0.05) is 17.0 Å². The fourth-order valence-corrected chi connectivity index (χ4v) is 5.22. The molecule has 4 aromatic rings. The summed E-state index contributed by atoms with van der Waals surface area (Å²) in [7, 11) is 3.10. The average Bonchev–Trinajstić information content (AvgIpc) is 3.24. The lowest BCUT2D eigenvalue weighted by molar-refractivity contribution is 0.102. The van der Waals surface area contributed by atoms with Crippen LogP contribution in [0.4, 0.5) is 5.69 Å². The normalized spacial score (nSPS) is 10.8. The monoisotopic (exact) mass is 480 g/mol. The van der Waals surface area contributed by atoms with Crippen molar-refractivity contribution in [1.29, 1.82) is 0 Å². The molecule has 0 saturated carbocycles. The first-order chi connectivity index (χ1) is 16.1. The molecular weight excluding hydrogens is 456 g/mol. The van der Waals surface area contributed by atoms with Crippen molar-refractivity contribution in [2.45, 2.75) is 11.3 Å². The second-order valence-corrected chi connectivity index (χ2v) is 9.52. The molecule has 4 rings (SSSR count). The number of carbonyl (C=O) groups is 1. The summed E-state index contributed by atoms with van der Waals surface area (Å²) in [6, 6.07) is 18.8. The number of hydrogen-bond donors (Lipinski definition) is 1. The van der Waals surface area contributed by atoms with E-state index in [1.165, 1.54) is 0 Å². The van der Waals surface area contributed by atoms with Crippen molar-refractivity contribution in [3.63, 3.8) is 0 Å². The number of thiazole rings is 1. The van der Waals surface area contributed by atoms with Crippen molar-refractivity contribution in [3.8, 4) is 17.2 Å². The fraction of sp³-hybridized carbons (Fsp3) is 0.200. The molecular formula is C25H24N2O4S2. The van der Waals surface area contributed by atoms with Crippen molar-refractivity contribution in [2.24, 2.45) is 0 Å². The van der Waals surface area contributed by atoms with Gasteiger partial charge in [-0.05, 0) is 55.0 Å². The minimum Gasteiger partial charge on any atom is -0.493 e. The Morgan fingerprint density at radius 3 is 2.61 bits per heavy atom. The van der Waals surface area contributed by atoms with Gasteiger partial charge in [-0.25, -0.2) is 4.98 Å². The standard InChI is InChI=1S/C25H24N2O4S2/c1-16-6-4-5-7-20(16)31-12-13-32-25-27-19-10-9-18(15-23(19)33-25)26-24(28)17-8-11-21(29-2)22(14-17)30-3/h4-11,14-15H,12-13H2,1-3H3,(H,26,28). The lowest BCUT2D eigenvalue weighted by Crippen LogP contribution is -2.12. The number of methoxy groups -OCH3 is 2. The molecule has 0 radical (unpaired) electrons. The van der Waals surface area contributed by atoms with E-state index in [-0.39, 0.29) is 5.91 Å². The van der Waals surface area contributed by atoms with Gasteiger partial charge in [0.2, 0.25) is 0 Å². The first-order valence-electron chi connectivity index (χ1n) is 10.3. The molecule has 1 heterocycles. The number of nitrogens with one attached hydrogen (secondary N) is 1. The molecule has 6 nitrogen and oxygen atoms in total. The van der Waals surface area contributed by atoms with E-state index in [4.69, 9.17) is 14.2 Å². The van der Waals surface area contributed by atoms with Crippen LogP contribution in [0.5, 0.6) is 17.2 Å². The molecule has 0 spiro atoms. The van der Waals surface area contributed by atoms with Gasteiger partial charge in [-0.2, -0.15) is 0 Å². The van der Waals surface area contributed by atoms with Crippen LogP contribution in [0.2, 0.25) is 0 Å². The smallest absolute Gasteiger partial charge is 0.255 e. The van der Waals surface area contributed by atoms with Gasteiger partial charge in [-0.3, -0.25) is 4.79 Å². The third kappa shape index (κ3) is 5.58. The number of amides is 1. The Hall–Kier alpha value is -3.23. The van der Waals surface area contributed by atoms with Gasteiger partial charge >= 0.3 is 0 Å². The van der Waals surface area contributed by atoms with Crippen LogP contribution in [0, 0.1) is 6.92 Å². The molecule has 0 aliphatic carbocycles. The van der Waals surface area contributed by atoms with Gasteiger partial charge < -0.3 is 19.5 Å². The van der Waals surface area contributed by atoms with Gasteiger partial charge in [-0.1, -0.05) is 30.0 Å². The van der Waals surface area contributed by atoms with Crippen molar-refractivity contribution in [1.82, 2.24) is 4.98 Å². The van der Waals surface area contributed by atoms with Crippen LogP contribution in [-0.4, -0.2) is 37.5 Å². The number of anilines is 1. The number of para-hydroxylation sites is 1. The van der Waals surface area contributed by atoms with Crippen molar-refractivity contribution < 1.29 is 19.0 Å². The van der Waals surface area contributed by atoms with E-state index < -0.39 is 0 Å². The maximum atomic E-state index is 12.7. The van der Waals surface area contributed by atoms with Gasteiger partial charge in [0.05, 0.1) is 31.0 Å². The van der Waals surface area contributed by atoms with Crippen LogP contribution in [0.1, 0.15) is 15.9 Å². The van der Waals surface area contributed by atoms with Crippen LogP contribution >= 0.6 is 23.1 Å². The summed E-state index contributed by atoms with van der Waals surface area (Å²) < 4.78 is 18.4. The van der Waals surface area contributed by atoms with Gasteiger partial charge in [0.1, 0.15) is 5.75 Å². The number of benzene rings is 3. The molecule has 170 valence electrons. The lowest BCUT2D eigenvalue weighted by Gasteiger charge is -2.10. The number of carbonyl (C=O) groups excluding carboxylic acids is 1. The Balaban J connectivity index is 1.37. The van der Waals surface area contributed by atoms with Crippen molar-refractivity contribution in [3.05, 3.63) is 71.8 Å². The largest absolute Gasteiger partial charge is 0.493 e. The number of nitrogens with zero attached hydrogens (tertiary/aromatic N) is 1. The van der Waals surface area contributed by atoms with Crippen molar-refractivity contribution in [2.75, 3.05) is 31.9 Å². The highest BCUT2D eigenvalue weighted by Crippen LogP contribution is 2.32. The van der Waals surface area contributed by atoms with E-state index in [0.717, 1.165) is 31.6 Å². The quantitative estimate of drug-likeness (QED) is 0.232. The van der Waals surface area contributed by atoms with Gasteiger partial charge in [0.15, 0.2) is 15.8 Å². The minimum atomic E-state index is -0.220. The van der Waals surface area contributed by atoms with Gasteiger partial charge in [-0.15, -0.1) is 11.3 Å². The van der Waals surface area contributed by atoms with E-state index in [2.05, 4.69) is 10.3 Å². The number of thioether (sulfide) groups is 1. The summed E-state index contributed by atoms with van der Waals surface area (Å²) in [6.45, 7) is 2.65. The zero-order chi connectivity index (χ0) is 23.2. The number of fused-ring (bicyclic) bond motifs is 1. The maximum Gasteiger partial charge on any atom is 0.255 e. The molecule has 1 aromatic heterocycles. The predicted molar refractivity (Wildman–Crippen MR) is 135 cm³/mol. The van der Waals surface area contributed by atoms with E-state index >= 15 is 0 Å². The Morgan fingerprint density at radius 2 is 1.82 bits per heavy atom. The van der Waals surface area contributed by atoms with Gasteiger partial charge in [0.25, 0.3) is 5.91 Å². The summed E-state index contributed by atoms with van der Waals surface area (Å²) in [5.74, 6) is 2.59. The Bertz CT molecular complexity index is 1270. The van der Waals surface area contributed by atoms with Crippen LogP contribution in [0.15, 0.2) is 65.0 Å². The average molecular weight is 481 g/mol. The highest BCUT2D eigenvalue weighted by atomic mass is 32.2. The first-order valence-corrected chi connectivity index (χ1v) is 12.1. The molecule has 0 bridgehead atoms. The highest BCUT2D eigenvalue weighted by Gasteiger charge is 2.12. The first kappa shape index (κ1) is 22.9. The van der Waals surface area contributed by atoms with Crippen molar-refractivity contribution >= 4 is 44.9 Å². The van der Waals surface area contributed by atoms with Crippen LogP contribution < -0.4 is 19.5 Å². The van der Waals surface area contributed by atoms with Crippen LogP contribution in [-0.2, 0) is 0 Å². The number of ether oxygens (including phenoxy) is 3. The maximum absolute atomic E-state index is 12.7. The number of aryl methyl sites for hydroxylation is 1. The van der Waals surface area contributed by atoms with E-state index in [1.807, 2.05) is 49.4 Å². The second kappa shape index (κ2) is 10.6. The summed E-state index contributed by atoms with van der Waals surface area (Å²) >= 11 is 3.27. The number of hydrogen-bond acceptors (Lipinski definition) is 7. The minimum absolute atomic E-state index is 0.220. The SMILES string of the molecule is COc1ccc(C(=O)Nc2ccc3nc(SCCOc4ccccc4C)sc3c2)cc1OC. The molecule has 0 saturated heterocycles. The molecule has 0 aliphatic rings. The zero-order valence-electron chi connectivity index (χ0n) is 18.6. The third-order valence-corrected chi connectivity index (χ3v) is 7.06. The Morgan fingerprint density at radius 1 is 1.00 bits per heavy atom. The summed E-state index contributed by atoms with van der Waals surface area (Å²) in [4.78, 5) is 17.4. The predicted octanol–water partition coefficient (Wildman–Crippen LogP) is 6.05. The van der Waals surface area contributed by atoms with Crippen LogP contribution in [0.3, 0.4) is 0 Å². The zero-order valence-corrected chi connectivity index (χ0v) is 20.2. The highest BCUT2D eigenvalue weighted by molar-refractivity contribution is 8.01. The van der Waals surface area contributed by atoms with E-state index in [0.29, 0.717) is 29.4 Å². The molecule has 1 amide bonds. The van der Waals surface area contributed by atoms with Crippen LogP contribution in [0.25, 0.3) is 10.2 Å². The molecule has 0 unspecified atom stereocenters. The Labute approximate surface area is 200 Å². The van der Waals surface area contributed by atoms with E-state index in [9.17, 15) is 4.79 Å².